The van der Waals surface area contributed by atoms with E-state index in [0.29, 0.717) is 38.0 Å². The maximum absolute atomic E-state index is 12.5. The van der Waals surface area contributed by atoms with Crippen LogP contribution in [0, 0.1) is 17.2 Å². The highest BCUT2D eigenvalue weighted by atomic mass is 19.4. The van der Waals surface area contributed by atoms with E-state index in [-0.39, 0.29) is 35.4 Å². The van der Waals surface area contributed by atoms with Crippen LogP contribution in [-0.4, -0.2) is 45.9 Å². The number of aromatic nitrogens is 2. The minimum Gasteiger partial charge on any atom is -0.406 e. The molecule has 1 aliphatic carbocycles. The monoisotopic (exact) mass is 490 g/mol. The summed E-state index contributed by atoms with van der Waals surface area (Å²) in [5.41, 5.74) is 5.54. The molecule has 4 rings (SSSR count). The molecule has 3 N–H and O–H groups in total. The number of hydrogen-bond donors (Lipinski definition) is 2. The Bertz CT molecular complexity index is 1140. The highest BCUT2D eigenvalue weighted by molar-refractivity contribution is 6.02. The summed E-state index contributed by atoms with van der Waals surface area (Å²) < 4.78 is 43.1. The van der Waals surface area contributed by atoms with Crippen LogP contribution in [0.25, 0.3) is 0 Å². The Hall–Kier alpha value is -3.59. The SMILES string of the molecule is N#CCC1(n2cc(C(N)=O)c(NC(=O)C3CC3)n2)CCN(Cc2cccc(OC(F)(F)F)c2)CC1. The molecule has 0 atom stereocenters. The standard InChI is InChI=1S/C23H25F3N6O3/c24-23(25,26)35-17-3-1-2-15(12-17)13-31-10-7-22(6-9-27,8-11-31)32-14-18(19(28)33)20(30-32)29-21(34)16-4-5-16/h1-3,12,14,16H,4-8,10-11,13H2,(H2,28,33)(H,29,30,34). The lowest BCUT2D eigenvalue weighted by atomic mass is 9.84. The second-order valence-electron chi connectivity index (χ2n) is 8.99. The molecule has 0 spiro atoms. The Morgan fingerprint density at radius 3 is 2.60 bits per heavy atom. The summed E-state index contributed by atoms with van der Waals surface area (Å²) in [4.78, 5) is 26.3. The molecule has 0 bridgehead atoms. The van der Waals surface area contributed by atoms with Crippen LogP contribution in [0.5, 0.6) is 5.75 Å². The number of carbonyl (C=O) groups is 2. The molecule has 12 heteroatoms. The second-order valence-corrected chi connectivity index (χ2v) is 8.99. The number of rotatable bonds is 8. The zero-order valence-corrected chi connectivity index (χ0v) is 18.8. The molecule has 2 heterocycles. The molecule has 1 aromatic carbocycles. The molecule has 1 saturated heterocycles. The van der Waals surface area contributed by atoms with Crippen LogP contribution in [-0.2, 0) is 16.9 Å². The number of hydrogen-bond acceptors (Lipinski definition) is 6. The molecule has 1 aromatic heterocycles. The quantitative estimate of drug-likeness (QED) is 0.586. The summed E-state index contributed by atoms with van der Waals surface area (Å²) >= 11 is 0. The first-order chi connectivity index (χ1) is 16.6. The minimum atomic E-state index is -4.76. The number of primary amides is 1. The van der Waals surface area contributed by atoms with Crippen molar-refractivity contribution in [2.75, 3.05) is 18.4 Å². The second kappa shape index (κ2) is 9.58. The van der Waals surface area contributed by atoms with Crippen molar-refractivity contribution in [1.82, 2.24) is 14.7 Å². The van der Waals surface area contributed by atoms with Crippen molar-refractivity contribution in [3.63, 3.8) is 0 Å². The van der Waals surface area contributed by atoms with Gasteiger partial charge in [-0.2, -0.15) is 10.4 Å². The molecule has 2 amide bonds. The largest absolute Gasteiger partial charge is 0.573 e. The minimum absolute atomic E-state index is 0.0835. The van der Waals surface area contributed by atoms with Gasteiger partial charge in [0.05, 0.1) is 18.0 Å². The zero-order valence-electron chi connectivity index (χ0n) is 18.8. The Balaban J connectivity index is 1.48. The summed E-state index contributed by atoms with van der Waals surface area (Å²) in [5.74, 6) is -1.21. The molecule has 0 unspecified atom stereocenters. The van der Waals surface area contributed by atoms with Crippen LogP contribution in [0.3, 0.4) is 0 Å². The van der Waals surface area contributed by atoms with Crippen molar-refractivity contribution < 1.29 is 27.5 Å². The Morgan fingerprint density at radius 1 is 1.29 bits per heavy atom. The maximum Gasteiger partial charge on any atom is 0.573 e. The third-order valence-corrected chi connectivity index (χ3v) is 6.39. The number of nitrogens with one attached hydrogen (secondary N) is 1. The Kier molecular flexibility index (Phi) is 6.71. The van der Waals surface area contributed by atoms with E-state index in [1.54, 1.807) is 10.7 Å². The molecule has 1 saturated carbocycles. The lowest BCUT2D eigenvalue weighted by Crippen LogP contribution is -2.46. The first-order valence-corrected chi connectivity index (χ1v) is 11.2. The van der Waals surface area contributed by atoms with Crippen molar-refractivity contribution in [2.24, 2.45) is 11.7 Å². The molecule has 0 radical (unpaired) electrons. The molecule has 9 nitrogen and oxygen atoms in total. The number of nitrogens with zero attached hydrogens (tertiary/aromatic N) is 4. The van der Waals surface area contributed by atoms with Crippen LogP contribution in [0.2, 0.25) is 0 Å². The lowest BCUT2D eigenvalue weighted by molar-refractivity contribution is -0.274. The van der Waals surface area contributed by atoms with Crippen molar-refractivity contribution in [3.8, 4) is 11.8 Å². The molecular weight excluding hydrogens is 465 g/mol. The van der Waals surface area contributed by atoms with Gasteiger partial charge >= 0.3 is 6.36 Å². The van der Waals surface area contributed by atoms with Crippen LogP contribution in [0.4, 0.5) is 19.0 Å². The average molecular weight is 490 g/mol. The normalized spacial score (nSPS) is 18.0. The fourth-order valence-electron chi connectivity index (χ4n) is 4.31. The van der Waals surface area contributed by atoms with Crippen molar-refractivity contribution in [1.29, 1.82) is 5.26 Å². The van der Waals surface area contributed by atoms with Gasteiger partial charge in [0.15, 0.2) is 5.82 Å². The van der Waals surface area contributed by atoms with E-state index < -0.39 is 17.8 Å². The molecular formula is C23H25F3N6O3. The zero-order chi connectivity index (χ0) is 25.2. The van der Waals surface area contributed by atoms with Crippen molar-refractivity contribution in [2.45, 2.75) is 50.6 Å². The summed E-state index contributed by atoms with van der Waals surface area (Å²) in [6.07, 6.45) is -0.549. The molecule has 2 aromatic rings. The summed E-state index contributed by atoms with van der Waals surface area (Å²) in [7, 11) is 0. The molecule has 186 valence electrons. The maximum atomic E-state index is 12.5. The number of alkyl halides is 3. The smallest absolute Gasteiger partial charge is 0.406 e. The van der Waals surface area contributed by atoms with Gasteiger partial charge in [0, 0.05) is 31.7 Å². The van der Waals surface area contributed by atoms with Gasteiger partial charge in [0.1, 0.15) is 11.3 Å². The van der Waals surface area contributed by atoms with E-state index >= 15 is 0 Å². The number of anilines is 1. The van der Waals surface area contributed by atoms with Gasteiger partial charge in [-0.15, -0.1) is 13.2 Å². The van der Waals surface area contributed by atoms with Gasteiger partial charge in [-0.25, -0.2) is 0 Å². The van der Waals surface area contributed by atoms with Crippen LogP contribution >= 0.6 is 0 Å². The topological polar surface area (TPSA) is 126 Å². The summed E-state index contributed by atoms with van der Waals surface area (Å²) in [6.45, 7) is 1.50. The summed E-state index contributed by atoms with van der Waals surface area (Å²) in [6, 6.07) is 8.02. The third kappa shape index (κ3) is 5.92. The van der Waals surface area contributed by atoms with E-state index in [1.807, 2.05) is 0 Å². The van der Waals surface area contributed by atoms with Gasteiger partial charge in [-0.05, 0) is 43.4 Å². The predicted molar refractivity (Wildman–Crippen MR) is 118 cm³/mol. The van der Waals surface area contributed by atoms with Crippen LogP contribution in [0.1, 0.15) is 48.0 Å². The van der Waals surface area contributed by atoms with E-state index in [1.165, 1.54) is 24.4 Å². The lowest BCUT2D eigenvalue weighted by Gasteiger charge is -2.40. The van der Waals surface area contributed by atoms with E-state index in [4.69, 9.17) is 5.73 Å². The van der Waals surface area contributed by atoms with Gasteiger partial charge in [0.2, 0.25) is 5.91 Å². The van der Waals surface area contributed by atoms with Gasteiger partial charge in [-0.3, -0.25) is 19.2 Å². The van der Waals surface area contributed by atoms with Crippen LogP contribution in [0.15, 0.2) is 30.5 Å². The average Bonchev–Trinajstić information content (AvgIpc) is 3.54. The third-order valence-electron chi connectivity index (χ3n) is 6.39. The Morgan fingerprint density at radius 2 is 2.00 bits per heavy atom. The van der Waals surface area contributed by atoms with E-state index in [9.17, 15) is 28.0 Å². The van der Waals surface area contributed by atoms with Gasteiger partial charge in [0.25, 0.3) is 5.91 Å². The predicted octanol–water partition coefficient (Wildman–Crippen LogP) is 3.13. The first-order valence-electron chi connectivity index (χ1n) is 11.2. The van der Waals surface area contributed by atoms with Crippen molar-refractivity contribution in [3.05, 3.63) is 41.6 Å². The number of nitriles is 1. The fourth-order valence-corrected chi connectivity index (χ4v) is 4.31. The van der Waals surface area contributed by atoms with Crippen LogP contribution < -0.4 is 15.8 Å². The summed E-state index contributed by atoms with van der Waals surface area (Å²) in [5, 5.41) is 16.6. The molecule has 1 aliphatic heterocycles. The van der Waals surface area contributed by atoms with Crippen molar-refractivity contribution >= 4 is 17.6 Å². The molecule has 2 aliphatic rings. The number of carbonyl (C=O) groups excluding carboxylic acids is 2. The van der Waals surface area contributed by atoms with Gasteiger partial charge < -0.3 is 15.8 Å². The first kappa shape index (κ1) is 24.5. The van der Waals surface area contributed by atoms with E-state index in [0.717, 1.165) is 12.8 Å². The molecule has 35 heavy (non-hydrogen) atoms. The number of likely N-dealkylation sites (tertiary alicyclic amines) is 1. The number of nitrogens with two attached hydrogens (primary N) is 1. The fraction of sp³-hybridized carbons (Fsp3) is 0.478. The number of halogens is 3. The number of ether oxygens (including phenoxy) is 1. The van der Waals surface area contributed by atoms with Gasteiger partial charge in [-0.1, -0.05) is 12.1 Å². The molecule has 2 fully saturated rings. The Labute approximate surface area is 199 Å². The number of amides is 2. The highest BCUT2D eigenvalue weighted by Crippen LogP contribution is 2.36. The number of benzene rings is 1. The highest BCUT2D eigenvalue weighted by Gasteiger charge is 2.39. The number of piperidine rings is 1. The van der Waals surface area contributed by atoms with E-state index in [2.05, 4.69) is 26.1 Å².